The van der Waals surface area contributed by atoms with Crippen molar-refractivity contribution in [2.24, 2.45) is 5.92 Å². The number of allylic oxidation sites excluding steroid dienone is 1. The van der Waals surface area contributed by atoms with Crippen LogP contribution in [0.2, 0.25) is 20.1 Å². The van der Waals surface area contributed by atoms with Gasteiger partial charge in [0, 0.05) is 117 Å². The van der Waals surface area contributed by atoms with Crippen LogP contribution in [0.25, 0.3) is 0 Å². The number of carbonyl (C=O) groups excluding carboxylic acids is 3. The molecule has 0 saturated carbocycles. The van der Waals surface area contributed by atoms with Gasteiger partial charge in [0.1, 0.15) is 17.3 Å². The molecule has 4 aromatic carbocycles. The van der Waals surface area contributed by atoms with Gasteiger partial charge in [-0.25, -0.2) is 0 Å². The molecule has 1 aliphatic carbocycles. The predicted molar refractivity (Wildman–Crippen MR) is 366 cm³/mol. The van der Waals surface area contributed by atoms with Crippen LogP contribution in [0.4, 0.5) is 22.7 Å². The van der Waals surface area contributed by atoms with Gasteiger partial charge < -0.3 is 45.6 Å². The van der Waals surface area contributed by atoms with Crippen LogP contribution in [0.15, 0.2) is 96.8 Å². The van der Waals surface area contributed by atoms with Crippen LogP contribution < -0.4 is 49.1 Å². The first-order chi connectivity index (χ1) is 39.8. The van der Waals surface area contributed by atoms with Gasteiger partial charge in [0.25, 0.3) is 0 Å². The summed E-state index contributed by atoms with van der Waals surface area (Å²) in [5, 5.41) is 26.9. The number of fused-ring (bicyclic) bond motifs is 3. The van der Waals surface area contributed by atoms with E-state index in [1.807, 2.05) is 60.7 Å². The minimum absolute atomic E-state index is 0.0214. The number of amides is 3. The Hall–Kier alpha value is -1.52. The predicted octanol–water partition coefficient (Wildman–Crippen LogP) is 12.4. The molecule has 0 spiro atoms. The average molecular weight is 1740 g/mol. The summed E-state index contributed by atoms with van der Waals surface area (Å²) < 4.78 is 11.6. The second kappa shape index (κ2) is 40.8. The van der Waals surface area contributed by atoms with E-state index < -0.39 is 0 Å². The van der Waals surface area contributed by atoms with Crippen LogP contribution >= 0.6 is 131 Å². The summed E-state index contributed by atoms with van der Waals surface area (Å²) in [7, 11) is 0. The number of piperazine rings is 2. The van der Waals surface area contributed by atoms with Gasteiger partial charge in [-0.2, -0.15) is 0 Å². The Labute approximate surface area is 560 Å². The molecule has 0 radical (unpaired) electrons. The van der Waals surface area contributed by atoms with Gasteiger partial charge in [-0.05, 0) is 124 Å². The van der Waals surface area contributed by atoms with Crippen molar-refractivity contribution in [2.45, 2.75) is 83.1 Å². The quantitative estimate of drug-likeness (QED) is 0.0417. The number of phenols is 1. The van der Waals surface area contributed by atoms with Crippen LogP contribution in [0.1, 0.15) is 75.3 Å². The molecule has 82 heavy (non-hydrogen) atoms. The molecule has 5 heterocycles. The fourth-order valence-corrected chi connectivity index (χ4v) is 11.4. The van der Waals surface area contributed by atoms with E-state index >= 15 is 0 Å². The average Bonchev–Trinajstić information content (AvgIpc) is 3.63. The summed E-state index contributed by atoms with van der Waals surface area (Å²) in [6.45, 7) is 10.5. The van der Waals surface area contributed by atoms with Crippen LogP contribution in [0.5, 0.6) is 11.5 Å². The first kappa shape index (κ1) is 71.2. The number of nitrogens with zero attached hydrogens (tertiary/aromatic N) is 3. The number of piperidine rings is 1. The second-order valence-electron chi connectivity index (χ2n) is 19.6. The summed E-state index contributed by atoms with van der Waals surface area (Å²) in [5.41, 5.74) is 6.00. The molecule has 452 valence electrons. The van der Waals surface area contributed by atoms with E-state index in [2.05, 4.69) is 139 Å². The minimum atomic E-state index is 0.0214. The van der Waals surface area contributed by atoms with Crippen molar-refractivity contribution in [3.8, 4) is 11.5 Å². The zero-order valence-corrected chi connectivity index (χ0v) is 60.1. The van der Waals surface area contributed by atoms with E-state index in [9.17, 15) is 14.4 Å². The number of hydrogen-bond acceptors (Lipinski definition) is 10. The van der Waals surface area contributed by atoms with Crippen molar-refractivity contribution in [3.63, 3.8) is 0 Å². The number of benzene rings is 4. The number of carbonyl (C=O) groups is 3. The topological polar surface area (TPSA) is 148 Å². The molecule has 13 nitrogen and oxygen atoms in total. The number of aromatic hydroxyl groups is 1. The largest absolute Gasteiger partial charge is 0.508 e. The summed E-state index contributed by atoms with van der Waals surface area (Å²) in [6.07, 6.45) is 17.4. The SMILES string of the molecule is BrCCCCBr.Clc1cccc(N2CCNCC2)c1Cl.I[I-]I.O=C1CCC2C=CC(OCCCCN3CCN(c4cccc(Cl)c4Cl)CC3)=CC2N1.O=C1CCc2ccc(O)cc2N1.O=C1CCc2ccc(OCCCCBr)cc2N1. The Morgan fingerprint density at radius 3 is 1.76 bits per heavy atom. The molecule has 3 saturated heterocycles. The van der Waals surface area contributed by atoms with Crippen LogP contribution in [-0.4, -0.2) is 122 Å². The molecule has 6 aliphatic rings. The second-order valence-corrected chi connectivity index (χ2v) is 39.8. The third kappa shape index (κ3) is 25.7. The number of phenolic OH excluding ortho intramolecular Hbond substituents is 1. The number of nitrogens with one attached hydrogen (secondary N) is 4. The molecule has 2 unspecified atom stereocenters. The summed E-state index contributed by atoms with van der Waals surface area (Å²) in [4.78, 5) is 40.9. The maximum Gasteiger partial charge on any atom is 0.224 e. The molecular weight excluding hydrogens is 1660 g/mol. The Morgan fingerprint density at radius 1 is 0.622 bits per heavy atom. The molecule has 5 N–H and O–H groups in total. The monoisotopic (exact) mass is 1730 g/mol. The standard InChI is InChI=1S/C23H29Cl2N3O2.C13H16BrNO2.C10H12Cl2N2.C9H9NO2.C4H8Br2.I3/c24-19-4-3-5-21(23(19)25)28-13-11-27(12-14-28)10-1-2-15-30-18-8-6-17-7-9-22(29)26-20(17)16-18;14-7-1-2-8-17-11-5-3-10-4-6-13(16)15-12(10)9-11;11-8-2-1-3-9(10(8)12)14-6-4-13-5-7-14;11-7-3-1-6-2-4-9(12)10-8(6)5-7;5-3-1-2-4-6;1-3-2/h3-6,8,16-17,20H,1-2,7,9-15H2,(H,26,29);3,5,9H,1-2,4,6-8H2,(H,15,16);1-3,13H,4-7H2;1,3,5,11H,2,4H2,(H,10,12);1-4H2;/q;;;;;-1. The first-order valence-electron chi connectivity index (χ1n) is 27.6. The van der Waals surface area contributed by atoms with E-state index in [1.165, 1.54) is 18.4 Å². The zero-order chi connectivity index (χ0) is 59.1. The van der Waals surface area contributed by atoms with Gasteiger partial charge in [-0.15, -0.1) is 0 Å². The first-order valence-corrected chi connectivity index (χ1v) is 45.1. The van der Waals surface area contributed by atoms with Crippen LogP contribution in [0.3, 0.4) is 0 Å². The molecular formula is C59H74Br3Cl4I3N7O6-. The molecule has 2 atom stereocenters. The molecule has 0 aromatic heterocycles. The minimum Gasteiger partial charge on any atom is -0.508 e. The Bertz CT molecular complexity index is 2670. The maximum atomic E-state index is 11.6. The fraction of sp³-hybridized carbons (Fsp3) is 0.475. The number of alkyl halides is 3. The van der Waals surface area contributed by atoms with Gasteiger partial charge in [0.15, 0.2) is 0 Å². The number of anilines is 4. The van der Waals surface area contributed by atoms with Gasteiger partial charge in [0.05, 0.1) is 50.7 Å². The van der Waals surface area contributed by atoms with E-state index in [4.69, 9.17) is 61.0 Å². The van der Waals surface area contributed by atoms with E-state index in [1.54, 1.807) is 12.1 Å². The third-order valence-corrected chi connectivity index (χ3v) is 17.1. The number of halogens is 10. The smallest absolute Gasteiger partial charge is 0.224 e. The van der Waals surface area contributed by atoms with E-state index in [0.29, 0.717) is 65.1 Å². The van der Waals surface area contributed by atoms with Crippen molar-refractivity contribution in [3.05, 3.63) is 128 Å². The Kier molecular flexibility index (Phi) is 35.5. The molecule has 0 bridgehead atoms. The van der Waals surface area contributed by atoms with Gasteiger partial charge >= 0.3 is 50.5 Å². The number of hydrogen-bond donors (Lipinski definition) is 5. The number of ether oxygens (including phenoxy) is 2. The Balaban J connectivity index is 0.000000202. The number of aryl methyl sites for hydroxylation is 2. The van der Waals surface area contributed by atoms with Crippen molar-refractivity contribution < 1.29 is 42.2 Å². The fourth-order valence-electron chi connectivity index (χ4n) is 9.37. The summed E-state index contributed by atoms with van der Waals surface area (Å²) in [6, 6.07) is 22.7. The third-order valence-electron chi connectivity index (χ3n) is 13.8. The Morgan fingerprint density at radius 2 is 1.16 bits per heavy atom. The molecule has 10 rings (SSSR count). The van der Waals surface area contributed by atoms with Crippen molar-refractivity contribution in [1.82, 2.24) is 15.5 Å². The molecule has 5 aliphatic heterocycles. The summed E-state index contributed by atoms with van der Waals surface area (Å²) in [5.74, 6) is 2.57. The summed E-state index contributed by atoms with van der Waals surface area (Å²) >= 11 is 39.9. The van der Waals surface area contributed by atoms with Crippen LogP contribution in [0, 0.1) is 5.92 Å². The van der Waals surface area contributed by atoms with Gasteiger partial charge in [-0.3, -0.25) is 19.3 Å². The molecule has 3 amide bonds. The number of unbranched alkanes of at least 4 members (excludes halogenated alkanes) is 3. The van der Waals surface area contributed by atoms with Crippen molar-refractivity contribution in [2.75, 3.05) is 109 Å². The van der Waals surface area contributed by atoms with Crippen molar-refractivity contribution >= 4 is 172 Å². The molecule has 4 aromatic rings. The zero-order valence-electron chi connectivity index (χ0n) is 45.8. The molecule has 23 heteroatoms. The van der Waals surface area contributed by atoms with Gasteiger partial charge in [0.2, 0.25) is 17.7 Å². The maximum absolute atomic E-state index is 11.6. The number of rotatable bonds is 16. The molecule has 3 fully saturated rings. The van der Waals surface area contributed by atoms with E-state index in [0.717, 1.165) is 166 Å². The van der Waals surface area contributed by atoms with Crippen molar-refractivity contribution in [1.29, 1.82) is 0 Å². The normalized spacial score (nSPS) is 17.9. The van der Waals surface area contributed by atoms with Crippen LogP contribution in [-0.2, 0) is 32.0 Å². The van der Waals surface area contributed by atoms with Gasteiger partial charge in [-0.1, -0.05) is 125 Å². The van der Waals surface area contributed by atoms with E-state index in [-0.39, 0.29) is 29.5 Å².